The molecule has 0 unspecified atom stereocenters. The van der Waals surface area contributed by atoms with Crippen LogP contribution in [-0.4, -0.2) is 49.0 Å². The van der Waals surface area contributed by atoms with Gasteiger partial charge in [-0.15, -0.1) is 0 Å². The van der Waals surface area contributed by atoms with Crippen molar-refractivity contribution in [2.75, 3.05) is 31.1 Å². The van der Waals surface area contributed by atoms with Crippen LogP contribution in [0.15, 0.2) is 77.8 Å². The summed E-state index contributed by atoms with van der Waals surface area (Å²) >= 11 is 0. The van der Waals surface area contributed by atoms with Gasteiger partial charge in [0.1, 0.15) is 11.6 Å². The fourth-order valence-electron chi connectivity index (χ4n) is 3.37. The smallest absolute Gasteiger partial charge is 0.243 e. The maximum atomic E-state index is 13.1. The molecule has 7 heteroatoms. The highest BCUT2D eigenvalue weighted by atomic mass is 32.2. The molecule has 1 saturated heterocycles. The fourth-order valence-corrected chi connectivity index (χ4v) is 4.84. The number of aromatic hydroxyl groups is 1. The monoisotopic (exact) mass is 395 g/mol. The number of phenolic OH excluding ortho intramolecular Hbond substituents is 1. The Morgan fingerprint density at radius 2 is 1.54 bits per heavy atom. The van der Waals surface area contributed by atoms with Crippen molar-refractivity contribution in [1.82, 2.24) is 9.29 Å². The molecule has 1 fully saturated rings. The van der Waals surface area contributed by atoms with E-state index in [1.165, 1.54) is 4.31 Å². The van der Waals surface area contributed by atoms with E-state index in [2.05, 4.69) is 9.88 Å². The third-order valence-corrected chi connectivity index (χ3v) is 6.76. The van der Waals surface area contributed by atoms with E-state index in [4.69, 9.17) is 0 Å². The first-order valence-corrected chi connectivity index (χ1v) is 10.5. The average Bonchev–Trinajstić information content (AvgIpc) is 2.74. The Kier molecular flexibility index (Phi) is 5.02. The van der Waals surface area contributed by atoms with E-state index in [0.29, 0.717) is 26.2 Å². The number of sulfonamides is 1. The number of rotatable bonds is 4. The fraction of sp³-hybridized carbons (Fsp3) is 0.190. The van der Waals surface area contributed by atoms with Crippen LogP contribution in [0.3, 0.4) is 0 Å². The summed E-state index contributed by atoms with van der Waals surface area (Å²) in [6.07, 6.45) is 1.74. The van der Waals surface area contributed by atoms with Crippen LogP contribution in [0.25, 0.3) is 11.1 Å². The lowest BCUT2D eigenvalue weighted by Crippen LogP contribution is -2.48. The van der Waals surface area contributed by atoms with Crippen molar-refractivity contribution < 1.29 is 13.5 Å². The van der Waals surface area contributed by atoms with Gasteiger partial charge in [0.05, 0.1) is 4.90 Å². The first kappa shape index (κ1) is 18.5. The zero-order valence-corrected chi connectivity index (χ0v) is 16.1. The SMILES string of the molecule is O=S(=O)(c1cccc(-c2cccc(O)c2)c1)N1CCN(c2ccccn2)CC1. The number of hydrogen-bond donors (Lipinski definition) is 1. The number of anilines is 1. The van der Waals surface area contributed by atoms with Gasteiger partial charge in [0.15, 0.2) is 0 Å². The zero-order valence-electron chi connectivity index (χ0n) is 15.3. The molecular formula is C21H21N3O3S. The summed E-state index contributed by atoms with van der Waals surface area (Å²) in [7, 11) is -3.58. The van der Waals surface area contributed by atoms with E-state index in [1.807, 2.05) is 30.3 Å². The predicted octanol–water partition coefficient (Wildman–Crippen LogP) is 2.97. The molecule has 0 aliphatic carbocycles. The van der Waals surface area contributed by atoms with Crippen LogP contribution in [0, 0.1) is 0 Å². The number of benzene rings is 2. The van der Waals surface area contributed by atoms with Crippen molar-refractivity contribution in [3.63, 3.8) is 0 Å². The second-order valence-electron chi connectivity index (χ2n) is 6.66. The molecule has 4 rings (SSSR count). The molecule has 144 valence electrons. The van der Waals surface area contributed by atoms with Crippen molar-refractivity contribution in [1.29, 1.82) is 0 Å². The maximum absolute atomic E-state index is 13.1. The molecule has 2 aromatic carbocycles. The standard InChI is InChI=1S/C21H21N3O3S/c25-19-7-3-5-17(15-19)18-6-4-8-20(16-18)28(26,27)24-13-11-23(12-14-24)21-9-1-2-10-22-21/h1-10,15-16,25H,11-14H2. The second-order valence-corrected chi connectivity index (χ2v) is 8.60. The van der Waals surface area contributed by atoms with E-state index < -0.39 is 10.0 Å². The Balaban J connectivity index is 1.54. The number of piperazine rings is 1. The van der Waals surface area contributed by atoms with Gasteiger partial charge in [-0.25, -0.2) is 13.4 Å². The number of aromatic nitrogens is 1. The molecular weight excluding hydrogens is 374 g/mol. The summed E-state index contributed by atoms with van der Waals surface area (Å²) in [5.41, 5.74) is 1.53. The topological polar surface area (TPSA) is 73.7 Å². The lowest BCUT2D eigenvalue weighted by Gasteiger charge is -2.34. The van der Waals surface area contributed by atoms with Crippen LogP contribution in [0.2, 0.25) is 0 Å². The number of hydrogen-bond acceptors (Lipinski definition) is 5. The van der Waals surface area contributed by atoms with Crippen LogP contribution < -0.4 is 4.90 Å². The molecule has 28 heavy (non-hydrogen) atoms. The molecule has 1 aliphatic rings. The van der Waals surface area contributed by atoms with Crippen LogP contribution in [0.1, 0.15) is 0 Å². The quantitative estimate of drug-likeness (QED) is 0.735. The minimum Gasteiger partial charge on any atom is -0.508 e. The van der Waals surface area contributed by atoms with Crippen molar-refractivity contribution in [2.45, 2.75) is 4.90 Å². The molecule has 1 aromatic heterocycles. The van der Waals surface area contributed by atoms with Crippen molar-refractivity contribution in [2.24, 2.45) is 0 Å². The van der Waals surface area contributed by atoms with E-state index in [0.717, 1.165) is 16.9 Å². The average molecular weight is 395 g/mol. The number of phenols is 1. The molecule has 0 radical (unpaired) electrons. The van der Waals surface area contributed by atoms with E-state index in [9.17, 15) is 13.5 Å². The van der Waals surface area contributed by atoms with Gasteiger partial charge in [-0.3, -0.25) is 0 Å². The maximum Gasteiger partial charge on any atom is 0.243 e. The molecule has 6 nitrogen and oxygen atoms in total. The summed E-state index contributed by atoms with van der Waals surface area (Å²) < 4.78 is 27.8. The van der Waals surface area contributed by atoms with E-state index in [1.54, 1.807) is 42.6 Å². The van der Waals surface area contributed by atoms with Gasteiger partial charge in [0, 0.05) is 32.4 Å². The van der Waals surface area contributed by atoms with Crippen molar-refractivity contribution in [3.05, 3.63) is 72.9 Å². The summed E-state index contributed by atoms with van der Waals surface area (Å²) in [5.74, 6) is 1.02. The molecule has 1 aliphatic heterocycles. The van der Waals surface area contributed by atoms with E-state index in [-0.39, 0.29) is 10.6 Å². The van der Waals surface area contributed by atoms with Gasteiger partial charge in [0.25, 0.3) is 0 Å². The largest absolute Gasteiger partial charge is 0.508 e. The lowest BCUT2D eigenvalue weighted by atomic mass is 10.1. The van der Waals surface area contributed by atoms with Crippen molar-refractivity contribution >= 4 is 15.8 Å². The van der Waals surface area contributed by atoms with Gasteiger partial charge in [-0.2, -0.15) is 4.31 Å². The molecule has 0 atom stereocenters. The van der Waals surface area contributed by atoms with Gasteiger partial charge in [-0.05, 0) is 47.5 Å². The van der Waals surface area contributed by atoms with E-state index >= 15 is 0 Å². The highest BCUT2D eigenvalue weighted by molar-refractivity contribution is 7.89. The molecule has 0 bridgehead atoms. The van der Waals surface area contributed by atoms with Crippen molar-refractivity contribution in [3.8, 4) is 16.9 Å². The van der Waals surface area contributed by atoms with Crippen LogP contribution in [0.4, 0.5) is 5.82 Å². The van der Waals surface area contributed by atoms with Crippen LogP contribution >= 0.6 is 0 Å². The van der Waals surface area contributed by atoms with Crippen LogP contribution in [0.5, 0.6) is 5.75 Å². The molecule has 0 saturated carbocycles. The second kappa shape index (κ2) is 7.61. The Morgan fingerprint density at radius 3 is 2.21 bits per heavy atom. The number of pyridine rings is 1. The highest BCUT2D eigenvalue weighted by Gasteiger charge is 2.29. The van der Waals surface area contributed by atoms with Gasteiger partial charge >= 0.3 is 0 Å². The summed E-state index contributed by atoms with van der Waals surface area (Å²) in [5, 5.41) is 9.69. The molecule has 3 aromatic rings. The molecule has 2 heterocycles. The minimum atomic E-state index is -3.58. The predicted molar refractivity (Wildman–Crippen MR) is 109 cm³/mol. The molecule has 0 spiro atoms. The Morgan fingerprint density at radius 1 is 0.821 bits per heavy atom. The normalized spacial score (nSPS) is 15.5. The first-order valence-electron chi connectivity index (χ1n) is 9.10. The Hall–Kier alpha value is -2.90. The summed E-state index contributed by atoms with van der Waals surface area (Å²) in [6.45, 7) is 2.02. The summed E-state index contributed by atoms with van der Waals surface area (Å²) in [4.78, 5) is 6.69. The number of nitrogens with zero attached hydrogens (tertiary/aromatic N) is 3. The minimum absolute atomic E-state index is 0.149. The lowest BCUT2D eigenvalue weighted by molar-refractivity contribution is 0.384. The third-order valence-electron chi connectivity index (χ3n) is 4.86. The Labute approximate surface area is 164 Å². The Bertz CT molecular complexity index is 1060. The zero-order chi connectivity index (χ0) is 19.6. The highest BCUT2D eigenvalue weighted by Crippen LogP contribution is 2.27. The van der Waals surface area contributed by atoms with Gasteiger partial charge in [0.2, 0.25) is 10.0 Å². The van der Waals surface area contributed by atoms with Gasteiger partial charge < -0.3 is 10.0 Å². The van der Waals surface area contributed by atoms with Crippen LogP contribution in [-0.2, 0) is 10.0 Å². The first-order chi connectivity index (χ1) is 13.5. The molecule has 1 N–H and O–H groups in total. The third kappa shape index (κ3) is 3.72. The summed E-state index contributed by atoms with van der Waals surface area (Å²) in [6, 6.07) is 19.4. The molecule has 0 amide bonds. The van der Waals surface area contributed by atoms with Gasteiger partial charge in [-0.1, -0.05) is 30.3 Å².